The molecule has 0 aromatic heterocycles. The largest absolute Gasteiger partial charge is 0.395 e. The Morgan fingerprint density at radius 1 is 1.53 bits per heavy atom. The van der Waals surface area contributed by atoms with Gasteiger partial charge in [0.2, 0.25) is 0 Å². The molecule has 82 valence electrons. The fourth-order valence-electron chi connectivity index (χ4n) is 1.91. The Balaban J connectivity index is 2.06. The summed E-state index contributed by atoms with van der Waals surface area (Å²) in [6.45, 7) is 4.03. The van der Waals surface area contributed by atoms with Gasteiger partial charge in [-0.3, -0.25) is 0 Å². The molecule has 3 nitrogen and oxygen atoms in total. The molecule has 0 aliphatic carbocycles. The van der Waals surface area contributed by atoms with Gasteiger partial charge < -0.3 is 15.7 Å². The lowest BCUT2D eigenvalue weighted by Gasteiger charge is -2.13. The molecule has 0 saturated heterocycles. The molecule has 0 amide bonds. The summed E-state index contributed by atoms with van der Waals surface area (Å²) in [6, 6.07) is 6.57. The zero-order valence-electron chi connectivity index (χ0n) is 9.09. The number of fused-ring (bicyclic) bond motifs is 1. The zero-order chi connectivity index (χ0) is 10.7. The minimum absolute atomic E-state index is 0.155. The molecule has 0 saturated carbocycles. The first-order valence-corrected chi connectivity index (χ1v) is 5.50. The molecule has 1 aromatic carbocycles. The van der Waals surface area contributed by atoms with Crippen LogP contribution >= 0.6 is 0 Å². The van der Waals surface area contributed by atoms with Gasteiger partial charge >= 0.3 is 0 Å². The van der Waals surface area contributed by atoms with Crippen molar-refractivity contribution >= 4 is 5.69 Å². The summed E-state index contributed by atoms with van der Waals surface area (Å²) in [7, 11) is 0. The Hall–Kier alpha value is -1.06. The van der Waals surface area contributed by atoms with E-state index in [2.05, 4.69) is 28.8 Å². The van der Waals surface area contributed by atoms with E-state index in [1.165, 1.54) is 16.8 Å². The smallest absolute Gasteiger partial charge is 0.0582 e. The molecule has 2 rings (SSSR count). The van der Waals surface area contributed by atoms with Crippen LogP contribution in [0.25, 0.3) is 0 Å². The van der Waals surface area contributed by atoms with Gasteiger partial charge in [0.15, 0.2) is 0 Å². The number of anilines is 1. The molecule has 0 spiro atoms. The Labute approximate surface area is 90.5 Å². The number of para-hydroxylation sites is 1. The standard InChI is InChI=1S/C12H18N2O/c1-9(8-15)14-7-11-4-2-3-10-5-6-13-12(10)11/h2-4,9,13-15H,5-8H2,1H3. The lowest BCUT2D eigenvalue weighted by Crippen LogP contribution is -2.28. The van der Waals surface area contributed by atoms with Gasteiger partial charge in [0.1, 0.15) is 0 Å². The quantitative estimate of drug-likeness (QED) is 0.692. The second-order valence-electron chi connectivity index (χ2n) is 4.09. The summed E-state index contributed by atoms with van der Waals surface area (Å²) in [6.07, 6.45) is 1.12. The van der Waals surface area contributed by atoms with E-state index in [-0.39, 0.29) is 12.6 Å². The number of hydrogen-bond donors (Lipinski definition) is 3. The molecule has 0 radical (unpaired) electrons. The summed E-state index contributed by atoms with van der Waals surface area (Å²) >= 11 is 0. The molecule has 1 heterocycles. The van der Waals surface area contributed by atoms with Crippen molar-refractivity contribution in [1.82, 2.24) is 5.32 Å². The van der Waals surface area contributed by atoms with Gasteiger partial charge in [-0.2, -0.15) is 0 Å². The zero-order valence-corrected chi connectivity index (χ0v) is 9.09. The van der Waals surface area contributed by atoms with E-state index in [1.54, 1.807) is 0 Å². The third-order valence-corrected chi connectivity index (χ3v) is 2.85. The maximum absolute atomic E-state index is 8.93. The average Bonchev–Trinajstić information content (AvgIpc) is 2.74. The van der Waals surface area contributed by atoms with Crippen LogP contribution in [0.2, 0.25) is 0 Å². The van der Waals surface area contributed by atoms with Crippen LogP contribution in [0.4, 0.5) is 5.69 Å². The maximum Gasteiger partial charge on any atom is 0.0582 e. The van der Waals surface area contributed by atoms with Crippen LogP contribution in [-0.4, -0.2) is 24.3 Å². The van der Waals surface area contributed by atoms with Crippen LogP contribution in [0.5, 0.6) is 0 Å². The van der Waals surface area contributed by atoms with Gasteiger partial charge in [0, 0.05) is 24.8 Å². The fourth-order valence-corrected chi connectivity index (χ4v) is 1.91. The Kier molecular flexibility index (Phi) is 3.23. The normalized spacial score (nSPS) is 15.9. The van der Waals surface area contributed by atoms with Gasteiger partial charge in [-0.05, 0) is 24.5 Å². The van der Waals surface area contributed by atoms with Crippen molar-refractivity contribution in [2.24, 2.45) is 0 Å². The molecular formula is C12H18N2O. The molecule has 1 atom stereocenters. The van der Waals surface area contributed by atoms with Gasteiger partial charge in [-0.15, -0.1) is 0 Å². The predicted molar refractivity (Wildman–Crippen MR) is 62.0 cm³/mol. The molecule has 3 heteroatoms. The first kappa shape index (κ1) is 10.5. The van der Waals surface area contributed by atoms with Crippen molar-refractivity contribution in [3.05, 3.63) is 29.3 Å². The van der Waals surface area contributed by atoms with E-state index < -0.39 is 0 Å². The van der Waals surface area contributed by atoms with Crippen molar-refractivity contribution in [2.75, 3.05) is 18.5 Å². The van der Waals surface area contributed by atoms with Crippen molar-refractivity contribution in [3.8, 4) is 0 Å². The molecule has 15 heavy (non-hydrogen) atoms. The Morgan fingerprint density at radius 2 is 2.40 bits per heavy atom. The highest BCUT2D eigenvalue weighted by molar-refractivity contribution is 5.61. The molecular weight excluding hydrogens is 188 g/mol. The highest BCUT2D eigenvalue weighted by atomic mass is 16.3. The number of rotatable bonds is 4. The second-order valence-corrected chi connectivity index (χ2v) is 4.09. The van der Waals surface area contributed by atoms with Crippen LogP contribution in [0, 0.1) is 0 Å². The number of benzene rings is 1. The van der Waals surface area contributed by atoms with Crippen molar-refractivity contribution in [2.45, 2.75) is 25.9 Å². The minimum atomic E-state index is 0.155. The Morgan fingerprint density at radius 3 is 3.20 bits per heavy atom. The van der Waals surface area contributed by atoms with Gasteiger partial charge in [0.25, 0.3) is 0 Å². The molecule has 0 bridgehead atoms. The first-order valence-electron chi connectivity index (χ1n) is 5.50. The number of aliphatic hydroxyl groups is 1. The van der Waals surface area contributed by atoms with E-state index in [9.17, 15) is 0 Å². The van der Waals surface area contributed by atoms with E-state index in [0.717, 1.165) is 19.5 Å². The number of hydrogen-bond acceptors (Lipinski definition) is 3. The van der Waals surface area contributed by atoms with Crippen molar-refractivity contribution in [1.29, 1.82) is 0 Å². The molecule has 1 aliphatic heterocycles. The average molecular weight is 206 g/mol. The topological polar surface area (TPSA) is 44.3 Å². The highest BCUT2D eigenvalue weighted by Gasteiger charge is 2.13. The maximum atomic E-state index is 8.93. The molecule has 3 N–H and O–H groups in total. The van der Waals surface area contributed by atoms with E-state index in [4.69, 9.17) is 5.11 Å². The van der Waals surface area contributed by atoms with Crippen LogP contribution in [0.1, 0.15) is 18.1 Å². The summed E-state index contributed by atoms with van der Waals surface area (Å²) in [5.74, 6) is 0. The van der Waals surface area contributed by atoms with Crippen molar-refractivity contribution in [3.63, 3.8) is 0 Å². The van der Waals surface area contributed by atoms with Crippen molar-refractivity contribution < 1.29 is 5.11 Å². The van der Waals surface area contributed by atoms with Gasteiger partial charge in [-0.1, -0.05) is 18.2 Å². The van der Waals surface area contributed by atoms with Gasteiger partial charge in [0.05, 0.1) is 6.61 Å². The monoisotopic (exact) mass is 206 g/mol. The summed E-state index contributed by atoms with van der Waals surface area (Å²) in [5, 5.41) is 15.6. The van der Waals surface area contributed by atoms with Gasteiger partial charge in [-0.25, -0.2) is 0 Å². The second kappa shape index (κ2) is 4.64. The lowest BCUT2D eigenvalue weighted by atomic mass is 10.1. The summed E-state index contributed by atoms with van der Waals surface area (Å²) < 4.78 is 0. The van der Waals surface area contributed by atoms with E-state index in [0.29, 0.717) is 0 Å². The fraction of sp³-hybridized carbons (Fsp3) is 0.500. The SMILES string of the molecule is CC(CO)NCc1cccc2c1NCC2. The minimum Gasteiger partial charge on any atom is -0.395 e. The van der Waals surface area contributed by atoms with Crippen LogP contribution in [0.15, 0.2) is 18.2 Å². The highest BCUT2D eigenvalue weighted by Crippen LogP contribution is 2.26. The van der Waals surface area contributed by atoms with Crippen LogP contribution in [0.3, 0.4) is 0 Å². The third kappa shape index (κ3) is 2.30. The number of nitrogens with one attached hydrogen (secondary N) is 2. The first-order chi connectivity index (χ1) is 7.31. The molecule has 1 aliphatic rings. The molecule has 0 fully saturated rings. The summed E-state index contributed by atoms with van der Waals surface area (Å²) in [4.78, 5) is 0. The van der Waals surface area contributed by atoms with Crippen LogP contribution < -0.4 is 10.6 Å². The van der Waals surface area contributed by atoms with Crippen LogP contribution in [-0.2, 0) is 13.0 Å². The summed E-state index contributed by atoms with van der Waals surface area (Å²) in [5.41, 5.74) is 3.99. The molecule has 1 aromatic rings. The van der Waals surface area contributed by atoms with E-state index in [1.807, 2.05) is 6.92 Å². The Bertz CT molecular complexity index is 338. The number of aliphatic hydroxyl groups excluding tert-OH is 1. The predicted octanol–water partition coefficient (Wildman–Crippen LogP) is 1.12. The van der Waals surface area contributed by atoms with E-state index >= 15 is 0 Å². The molecule has 1 unspecified atom stereocenters. The lowest BCUT2D eigenvalue weighted by molar-refractivity contribution is 0.251. The third-order valence-electron chi connectivity index (χ3n) is 2.85.